The molecule has 2 rings (SSSR count). The molecule has 5 nitrogen and oxygen atoms in total. The van der Waals surface area contributed by atoms with Gasteiger partial charge in [-0.1, -0.05) is 13.0 Å². The number of rotatable bonds is 6. The summed E-state index contributed by atoms with van der Waals surface area (Å²) in [7, 11) is -3.22. The summed E-state index contributed by atoms with van der Waals surface area (Å²) in [5.41, 5.74) is 2.46. The quantitative estimate of drug-likeness (QED) is 0.883. The Labute approximate surface area is 119 Å². The van der Waals surface area contributed by atoms with Crippen molar-refractivity contribution in [1.82, 2.24) is 14.7 Å². The van der Waals surface area contributed by atoms with Crippen LogP contribution in [0.1, 0.15) is 18.9 Å². The predicted octanol–water partition coefficient (Wildman–Crippen LogP) is 1.97. The summed E-state index contributed by atoms with van der Waals surface area (Å²) in [4.78, 5) is 8.38. The van der Waals surface area contributed by atoms with Crippen LogP contribution < -0.4 is 4.72 Å². The highest BCUT2D eigenvalue weighted by atomic mass is 32.2. The molecule has 1 N–H and O–H groups in total. The molecule has 0 saturated heterocycles. The van der Waals surface area contributed by atoms with Gasteiger partial charge in [0, 0.05) is 30.7 Å². The number of pyridine rings is 2. The zero-order chi connectivity index (χ0) is 14.4. The standard InChI is InChI=1S/C14H17N3O2S/c1-2-9-20(18,19)17-11-13-6-4-8-16-14(13)12-5-3-7-15-10-12/h3-8,10,17H,2,9,11H2,1H3. The summed E-state index contributed by atoms with van der Waals surface area (Å²) < 4.78 is 26.0. The molecule has 0 atom stereocenters. The minimum absolute atomic E-state index is 0.134. The lowest BCUT2D eigenvalue weighted by atomic mass is 10.1. The van der Waals surface area contributed by atoms with Crippen molar-refractivity contribution < 1.29 is 8.42 Å². The lowest BCUT2D eigenvalue weighted by Crippen LogP contribution is -2.26. The molecule has 0 saturated carbocycles. The van der Waals surface area contributed by atoms with Crippen molar-refractivity contribution in [3.8, 4) is 11.3 Å². The Balaban J connectivity index is 2.22. The third-order valence-electron chi connectivity index (χ3n) is 2.78. The summed E-state index contributed by atoms with van der Waals surface area (Å²) in [5.74, 6) is 0.134. The van der Waals surface area contributed by atoms with Gasteiger partial charge in [0.15, 0.2) is 0 Å². The molecule has 2 heterocycles. The molecule has 0 aliphatic rings. The Morgan fingerprint density at radius 3 is 2.70 bits per heavy atom. The van der Waals surface area contributed by atoms with Gasteiger partial charge in [-0.15, -0.1) is 0 Å². The smallest absolute Gasteiger partial charge is 0.211 e. The van der Waals surface area contributed by atoms with Gasteiger partial charge in [-0.25, -0.2) is 13.1 Å². The molecule has 0 bridgehead atoms. The number of nitrogens with one attached hydrogen (secondary N) is 1. The molecule has 0 unspecified atom stereocenters. The van der Waals surface area contributed by atoms with Crippen LogP contribution in [0.5, 0.6) is 0 Å². The third-order valence-corrected chi connectivity index (χ3v) is 4.31. The van der Waals surface area contributed by atoms with Crippen molar-refractivity contribution in [2.75, 3.05) is 5.75 Å². The molecule has 2 aromatic rings. The first kappa shape index (κ1) is 14.6. The Kier molecular flexibility index (Phi) is 4.81. The fourth-order valence-corrected chi connectivity index (χ4v) is 2.93. The second kappa shape index (κ2) is 6.58. The molecule has 0 radical (unpaired) electrons. The number of hydrogen-bond acceptors (Lipinski definition) is 4. The van der Waals surface area contributed by atoms with E-state index in [1.807, 2.05) is 25.1 Å². The third kappa shape index (κ3) is 3.85. The van der Waals surface area contributed by atoms with Crippen molar-refractivity contribution in [3.05, 3.63) is 48.4 Å². The molecule has 6 heteroatoms. The average molecular weight is 291 g/mol. The maximum absolute atomic E-state index is 11.7. The fourth-order valence-electron chi connectivity index (χ4n) is 1.87. The number of nitrogens with zero attached hydrogens (tertiary/aromatic N) is 2. The Hall–Kier alpha value is -1.79. The second-order valence-electron chi connectivity index (χ2n) is 4.39. The second-order valence-corrected chi connectivity index (χ2v) is 6.32. The minimum Gasteiger partial charge on any atom is -0.264 e. The van der Waals surface area contributed by atoms with Gasteiger partial charge < -0.3 is 0 Å². The van der Waals surface area contributed by atoms with E-state index in [-0.39, 0.29) is 12.3 Å². The zero-order valence-electron chi connectivity index (χ0n) is 11.3. The molecule has 106 valence electrons. The fraction of sp³-hybridized carbons (Fsp3) is 0.286. The van der Waals surface area contributed by atoms with Crippen molar-refractivity contribution in [3.63, 3.8) is 0 Å². The van der Waals surface area contributed by atoms with E-state index in [1.165, 1.54) is 0 Å². The van der Waals surface area contributed by atoms with Gasteiger partial charge in [-0.3, -0.25) is 9.97 Å². The van der Waals surface area contributed by atoms with Crippen molar-refractivity contribution in [1.29, 1.82) is 0 Å². The average Bonchev–Trinajstić information content (AvgIpc) is 2.46. The van der Waals surface area contributed by atoms with Crippen LogP contribution in [0, 0.1) is 0 Å². The van der Waals surface area contributed by atoms with E-state index in [4.69, 9.17) is 0 Å². The summed E-state index contributed by atoms with van der Waals surface area (Å²) in [6.07, 6.45) is 5.69. The van der Waals surface area contributed by atoms with E-state index < -0.39 is 10.0 Å². The topological polar surface area (TPSA) is 72.0 Å². The lowest BCUT2D eigenvalue weighted by molar-refractivity contribution is 0.580. The highest BCUT2D eigenvalue weighted by molar-refractivity contribution is 7.89. The van der Waals surface area contributed by atoms with Crippen LogP contribution in [0.25, 0.3) is 11.3 Å². The van der Waals surface area contributed by atoms with Crippen LogP contribution in [0.3, 0.4) is 0 Å². The molecule has 0 amide bonds. The lowest BCUT2D eigenvalue weighted by Gasteiger charge is -2.09. The maximum atomic E-state index is 11.7. The summed E-state index contributed by atoms with van der Waals surface area (Å²) in [6, 6.07) is 7.39. The SMILES string of the molecule is CCCS(=O)(=O)NCc1cccnc1-c1cccnc1. The van der Waals surface area contributed by atoms with Crippen LogP contribution in [-0.2, 0) is 16.6 Å². The molecule has 0 aromatic carbocycles. The Morgan fingerprint density at radius 2 is 2.00 bits per heavy atom. The number of hydrogen-bond donors (Lipinski definition) is 1. The van der Waals surface area contributed by atoms with Crippen LogP contribution in [0.15, 0.2) is 42.9 Å². The van der Waals surface area contributed by atoms with Gasteiger partial charge in [-0.05, 0) is 30.2 Å². The van der Waals surface area contributed by atoms with Crippen molar-refractivity contribution >= 4 is 10.0 Å². The molecular weight excluding hydrogens is 274 g/mol. The first-order valence-corrected chi connectivity index (χ1v) is 8.09. The Morgan fingerprint density at radius 1 is 1.20 bits per heavy atom. The first-order valence-electron chi connectivity index (χ1n) is 6.44. The number of sulfonamides is 1. The number of aromatic nitrogens is 2. The minimum atomic E-state index is -3.22. The van der Waals surface area contributed by atoms with Crippen LogP contribution in [0.4, 0.5) is 0 Å². The van der Waals surface area contributed by atoms with Crippen LogP contribution in [0.2, 0.25) is 0 Å². The van der Waals surface area contributed by atoms with E-state index in [0.29, 0.717) is 6.42 Å². The molecule has 2 aromatic heterocycles. The molecule has 20 heavy (non-hydrogen) atoms. The monoisotopic (exact) mass is 291 g/mol. The molecule has 0 aliphatic heterocycles. The normalized spacial score (nSPS) is 11.4. The summed E-state index contributed by atoms with van der Waals surface area (Å²) >= 11 is 0. The highest BCUT2D eigenvalue weighted by Crippen LogP contribution is 2.19. The predicted molar refractivity (Wildman–Crippen MR) is 78.4 cm³/mol. The van der Waals surface area contributed by atoms with Gasteiger partial charge in [0.2, 0.25) is 10.0 Å². The van der Waals surface area contributed by atoms with Gasteiger partial charge in [0.25, 0.3) is 0 Å². The molecule has 0 aliphatic carbocycles. The largest absolute Gasteiger partial charge is 0.264 e. The zero-order valence-corrected chi connectivity index (χ0v) is 12.1. The molecule has 0 fully saturated rings. The van der Waals surface area contributed by atoms with E-state index in [0.717, 1.165) is 16.8 Å². The highest BCUT2D eigenvalue weighted by Gasteiger charge is 2.11. The van der Waals surface area contributed by atoms with E-state index in [2.05, 4.69) is 14.7 Å². The van der Waals surface area contributed by atoms with E-state index in [9.17, 15) is 8.42 Å². The Bertz CT molecular complexity index is 657. The van der Waals surface area contributed by atoms with E-state index >= 15 is 0 Å². The molecular formula is C14H17N3O2S. The van der Waals surface area contributed by atoms with E-state index in [1.54, 1.807) is 24.7 Å². The van der Waals surface area contributed by atoms with Crippen LogP contribution in [-0.4, -0.2) is 24.1 Å². The van der Waals surface area contributed by atoms with Gasteiger partial charge >= 0.3 is 0 Å². The first-order chi connectivity index (χ1) is 9.62. The van der Waals surface area contributed by atoms with Crippen LogP contribution >= 0.6 is 0 Å². The van der Waals surface area contributed by atoms with Gasteiger partial charge in [-0.2, -0.15) is 0 Å². The van der Waals surface area contributed by atoms with Gasteiger partial charge in [0.05, 0.1) is 11.4 Å². The van der Waals surface area contributed by atoms with Crippen molar-refractivity contribution in [2.45, 2.75) is 19.9 Å². The van der Waals surface area contributed by atoms with Gasteiger partial charge in [0.1, 0.15) is 0 Å². The summed E-state index contributed by atoms with van der Waals surface area (Å²) in [6.45, 7) is 2.07. The molecule has 0 spiro atoms. The maximum Gasteiger partial charge on any atom is 0.211 e. The van der Waals surface area contributed by atoms with Crippen molar-refractivity contribution in [2.24, 2.45) is 0 Å². The summed E-state index contributed by atoms with van der Waals surface area (Å²) in [5, 5.41) is 0.